The number of hydrogen-bond acceptors (Lipinski definition) is 7. The van der Waals surface area contributed by atoms with Gasteiger partial charge in [0.2, 0.25) is 5.89 Å². The number of carbonyl (C=O) groups is 1. The predicted molar refractivity (Wildman–Crippen MR) is 134 cm³/mol. The highest BCUT2D eigenvalue weighted by Gasteiger charge is 2.14. The van der Waals surface area contributed by atoms with Crippen molar-refractivity contribution in [2.75, 3.05) is 26.6 Å². The monoisotopic (exact) mass is 497 g/mol. The Labute approximate surface area is 205 Å². The number of anilines is 1. The van der Waals surface area contributed by atoms with Crippen molar-refractivity contribution < 1.29 is 23.4 Å². The number of halogens is 1. The van der Waals surface area contributed by atoms with Crippen LogP contribution in [0, 0.1) is 0 Å². The van der Waals surface area contributed by atoms with E-state index in [2.05, 4.69) is 15.6 Å². The molecule has 4 rings (SSSR count). The summed E-state index contributed by atoms with van der Waals surface area (Å²) in [6, 6.07) is 15.4. The van der Waals surface area contributed by atoms with Crippen LogP contribution in [0.15, 0.2) is 59.0 Å². The van der Waals surface area contributed by atoms with Crippen LogP contribution < -0.4 is 24.8 Å². The van der Waals surface area contributed by atoms with Gasteiger partial charge in [0.05, 0.1) is 26.4 Å². The number of hydrogen-bond donors (Lipinski definition) is 2. The summed E-state index contributed by atoms with van der Waals surface area (Å²) in [4.78, 5) is 17.2. The summed E-state index contributed by atoms with van der Waals surface area (Å²) < 4.78 is 21.4. The van der Waals surface area contributed by atoms with Crippen molar-refractivity contribution >= 4 is 51.6 Å². The maximum atomic E-state index is 12.6. The van der Waals surface area contributed by atoms with Gasteiger partial charge in [-0.1, -0.05) is 11.6 Å². The number of oxazole rings is 1. The number of nitrogens with zero attached hydrogens (tertiary/aromatic N) is 1. The summed E-state index contributed by atoms with van der Waals surface area (Å²) >= 11 is 11.5. The summed E-state index contributed by atoms with van der Waals surface area (Å²) in [6.45, 7) is 0. The molecule has 3 aromatic carbocycles. The number of benzene rings is 3. The van der Waals surface area contributed by atoms with Gasteiger partial charge in [-0.2, -0.15) is 0 Å². The first kappa shape index (κ1) is 23.3. The highest BCUT2D eigenvalue weighted by Crippen LogP contribution is 2.32. The zero-order valence-corrected chi connectivity index (χ0v) is 20.0. The molecule has 0 atom stereocenters. The molecule has 1 amide bonds. The number of fused-ring (bicyclic) bond motifs is 1. The molecule has 0 aliphatic rings. The Bertz CT molecular complexity index is 1370. The third kappa shape index (κ3) is 5.05. The fourth-order valence-electron chi connectivity index (χ4n) is 3.20. The lowest BCUT2D eigenvalue weighted by atomic mass is 10.2. The van der Waals surface area contributed by atoms with Crippen LogP contribution in [0.4, 0.5) is 5.69 Å². The van der Waals surface area contributed by atoms with E-state index in [-0.39, 0.29) is 5.11 Å². The third-order valence-electron chi connectivity index (χ3n) is 4.88. The van der Waals surface area contributed by atoms with Crippen molar-refractivity contribution in [1.82, 2.24) is 10.3 Å². The van der Waals surface area contributed by atoms with E-state index in [4.69, 9.17) is 42.4 Å². The van der Waals surface area contributed by atoms with Crippen LogP contribution in [0.2, 0.25) is 5.02 Å². The molecule has 1 aromatic heterocycles. The summed E-state index contributed by atoms with van der Waals surface area (Å²) in [5.41, 5.74) is 2.89. The molecular weight excluding hydrogens is 478 g/mol. The smallest absolute Gasteiger partial charge is 0.257 e. The Balaban J connectivity index is 1.48. The molecule has 10 heteroatoms. The molecule has 0 aliphatic carbocycles. The number of ether oxygens (including phenoxy) is 3. The number of methoxy groups -OCH3 is 3. The van der Waals surface area contributed by atoms with Crippen LogP contribution in [-0.4, -0.2) is 37.3 Å². The average molecular weight is 498 g/mol. The Morgan fingerprint density at radius 1 is 0.971 bits per heavy atom. The normalized spacial score (nSPS) is 10.6. The molecule has 0 aliphatic heterocycles. The van der Waals surface area contributed by atoms with E-state index in [9.17, 15) is 4.79 Å². The molecule has 8 nitrogen and oxygen atoms in total. The number of thiocarbonyl (C=S) groups is 1. The van der Waals surface area contributed by atoms with E-state index in [1.54, 1.807) is 55.6 Å². The molecule has 1 heterocycles. The SMILES string of the molecule is COc1cc(OC)cc(C(=O)NC(=S)Nc2ccc3oc(-c4ccc(OC)c(Cl)c4)nc3c2)c1. The van der Waals surface area contributed by atoms with Crippen molar-refractivity contribution in [2.24, 2.45) is 0 Å². The van der Waals surface area contributed by atoms with Gasteiger partial charge in [-0.3, -0.25) is 10.1 Å². The maximum absolute atomic E-state index is 12.6. The average Bonchev–Trinajstić information content (AvgIpc) is 3.27. The first-order chi connectivity index (χ1) is 16.4. The number of nitrogens with one attached hydrogen (secondary N) is 2. The lowest BCUT2D eigenvalue weighted by molar-refractivity contribution is 0.0977. The zero-order chi connectivity index (χ0) is 24.2. The van der Waals surface area contributed by atoms with Crippen LogP contribution >= 0.6 is 23.8 Å². The topological polar surface area (TPSA) is 94.9 Å². The van der Waals surface area contributed by atoms with Gasteiger partial charge in [0.25, 0.3) is 5.91 Å². The van der Waals surface area contributed by atoms with Crippen LogP contribution in [0.1, 0.15) is 10.4 Å². The Morgan fingerprint density at radius 2 is 1.71 bits per heavy atom. The second-order valence-electron chi connectivity index (χ2n) is 7.06. The third-order valence-corrected chi connectivity index (χ3v) is 5.38. The highest BCUT2D eigenvalue weighted by atomic mass is 35.5. The van der Waals surface area contributed by atoms with Crippen LogP contribution in [0.25, 0.3) is 22.6 Å². The Kier molecular flexibility index (Phi) is 6.85. The minimum atomic E-state index is -0.407. The molecule has 0 spiro atoms. The molecule has 174 valence electrons. The van der Waals surface area contributed by atoms with E-state index in [1.165, 1.54) is 14.2 Å². The molecule has 34 heavy (non-hydrogen) atoms. The molecule has 0 unspecified atom stereocenters. The van der Waals surface area contributed by atoms with E-state index < -0.39 is 5.91 Å². The van der Waals surface area contributed by atoms with Crippen molar-refractivity contribution in [3.8, 4) is 28.7 Å². The molecule has 0 fully saturated rings. The lowest BCUT2D eigenvalue weighted by Gasteiger charge is -2.11. The number of carbonyl (C=O) groups excluding carboxylic acids is 1. The molecule has 0 bridgehead atoms. The van der Waals surface area contributed by atoms with E-state index in [1.807, 2.05) is 6.07 Å². The molecule has 0 radical (unpaired) electrons. The minimum absolute atomic E-state index is 0.122. The molecule has 0 saturated carbocycles. The van der Waals surface area contributed by atoms with Gasteiger partial charge in [-0.25, -0.2) is 4.98 Å². The van der Waals surface area contributed by atoms with Crippen LogP contribution in [-0.2, 0) is 0 Å². The number of aromatic nitrogens is 1. The van der Waals surface area contributed by atoms with Gasteiger partial charge < -0.3 is 23.9 Å². The van der Waals surface area contributed by atoms with Crippen molar-refractivity contribution in [3.63, 3.8) is 0 Å². The predicted octanol–water partition coefficient (Wildman–Crippen LogP) is 5.30. The Morgan fingerprint density at radius 3 is 2.35 bits per heavy atom. The summed E-state index contributed by atoms with van der Waals surface area (Å²) in [7, 11) is 4.57. The standard InChI is InChI=1S/C24H20ClN3O5S/c1-30-16-8-14(9-17(12-16)31-2)22(29)28-24(34)26-15-5-7-21-19(11-15)27-23(33-21)13-4-6-20(32-3)18(25)10-13/h4-12H,1-3H3,(H2,26,28,29,34). The molecule has 2 N–H and O–H groups in total. The van der Waals surface area contributed by atoms with Gasteiger partial charge in [0, 0.05) is 22.9 Å². The van der Waals surface area contributed by atoms with Gasteiger partial charge in [0.1, 0.15) is 22.8 Å². The van der Waals surface area contributed by atoms with Crippen molar-refractivity contribution in [1.29, 1.82) is 0 Å². The number of rotatable bonds is 6. The summed E-state index contributed by atoms with van der Waals surface area (Å²) in [5.74, 6) is 1.56. The van der Waals surface area contributed by atoms with E-state index in [0.717, 1.165) is 0 Å². The highest BCUT2D eigenvalue weighted by molar-refractivity contribution is 7.80. The van der Waals surface area contributed by atoms with Crippen molar-refractivity contribution in [3.05, 3.63) is 65.2 Å². The fourth-order valence-corrected chi connectivity index (χ4v) is 3.67. The first-order valence-electron chi connectivity index (χ1n) is 10.00. The van der Waals surface area contributed by atoms with Gasteiger partial charge in [0.15, 0.2) is 10.7 Å². The van der Waals surface area contributed by atoms with Crippen LogP contribution in [0.3, 0.4) is 0 Å². The van der Waals surface area contributed by atoms with Gasteiger partial charge >= 0.3 is 0 Å². The minimum Gasteiger partial charge on any atom is -0.497 e. The lowest BCUT2D eigenvalue weighted by Crippen LogP contribution is -2.34. The molecule has 0 saturated heterocycles. The fraction of sp³-hybridized carbons (Fsp3) is 0.125. The zero-order valence-electron chi connectivity index (χ0n) is 18.5. The second-order valence-corrected chi connectivity index (χ2v) is 7.88. The van der Waals surface area contributed by atoms with E-state index in [0.29, 0.717) is 56.1 Å². The molecule has 4 aromatic rings. The quantitative estimate of drug-likeness (QED) is 0.346. The largest absolute Gasteiger partial charge is 0.497 e. The van der Waals surface area contributed by atoms with E-state index >= 15 is 0 Å². The van der Waals surface area contributed by atoms with Crippen LogP contribution in [0.5, 0.6) is 17.2 Å². The summed E-state index contributed by atoms with van der Waals surface area (Å²) in [5, 5.41) is 6.21. The maximum Gasteiger partial charge on any atom is 0.257 e. The van der Waals surface area contributed by atoms with Crippen molar-refractivity contribution in [2.45, 2.75) is 0 Å². The summed E-state index contributed by atoms with van der Waals surface area (Å²) in [6.07, 6.45) is 0. The molecular formula is C24H20ClN3O5S. The first-order valence-corrected chi connectivity index (χ1v) is 10.8. The number of amides is 1. The van der Waals surface area contributed by atoms with Gasteiger partial charge in [-0.15, -0.1) is 0 Å². The Hall–Kier alpha value is -3.82. The van der Waals surface area contributed by atoms with Gasteiger partial charge in [-0.05, 0) is 60.7 Å². The second kappa shape index (κ2) is 9.98.